The van der Waals surface area contributed by atoms with Gasteiger partial charge in [-0.05, 0) is 42.9 Å². The normalized spacial score (nSPS) is 25.3. The Hall–Kier alpha value is -0.570. The van der Waals surface area contributed by atoms with Gasteiger partial charge in [-0.2, -0.15) is 0 Å². The molecule has 0 saturated carbocycles. The second-order valence-corrected chi connectivity index (χ2v) is 5.76. The second-order valence-electron chi connectivity index (χ2n) is 5.35. The Balaban J connectivity index is 2.01. The minimum Gasteiger partial charge on any atom is -0.393 e. The zero-order chi connectivity index (χ0) is 13.1. The topological polar surface area (TPSA) is 23.5 Å². The van der Waals surface area contributed by atoms with E-state index in [0.29, 0.717) is 5.92 Å². The lowest BCUT2D eigenvalue weighted by Crippen LogP contribution is -2.42. The summed E-state index contributed by atoms with van der Waals surface area (Å²) in [5.41, 5.74) is 2.39. The molecule has 100 valence electrons. The first kappa shape index (κ1) is 13.9. The molecule has 0 aliphatic carbocycles. The molecule has 1 N–H and O–H groups in total. The van der Waals surface area contributed by atoms with Gasteiger partial charge in [0.05, 0.1) is 6.10 Å². The van der Waals surface area contributed by atoms with Crippen LogP contribution in [-0.2, 0) is 6.54 Å². The Bertz CT molecular complexity index is 407. The van der Waals surface area contributed by atoms with E-state index in [4.69, 9.17) is 11.6 Å². The smallest absolute Gasteiger partial charge is 0.0592 e. The molecule has 1 aliphatic heterocycles. The number of benzene rings is 1. The van der Waals surface area contributed by atoms with Gasteiger partial charge in [-0.1, -0.05) is 30.7 Å². The van der Waals surface area contributed by atoms with Crippen LogP contribution in [0.5, 0.6) is 0 Å². The van der Waals surface area contributed by atoms with Crippen molar-refractivity contribution in [3.05, 3.63) is 34.3 Å². The van der Waals surface area contributed by atoms with E-state index in [1.165, 1.54) is 11.1 Å². The third-order valence-corrected chi connectivity index (χ3v) is 4.26. The largest absolute Gasteiger partial charge is 0.393 e. The highest BCUT2D eigenvalue weighted by Gasteiger charge is 2.26. The van der Waals surface area contributed by atoms with Crippen LogP contribution in [0.25, 0.3) is 0 Å². The molecule has 0 bridgehead atoms. The summed E-state index contributed by atoms with van der Waals surface area (Å²) in [6, 6.07) is 6.24. The molecule has 1 aliphatic rings. The minimum atomic E-state index is -0.125. The molecule has 3 heteroatoms. The highest BCUT2D eigenvalue weighted by atomic mass is 35.5. The van der Waals surface area contributed by atoms with Gasteiger partial charge in [-0.15, -0.1) is 0 Å². The molecular weight excluding hydrogens is 246 g/mol. The highest BCUT2D eigenvalue weighted by Crippen LogP contribution is 2.24. The maximum Gasteiger partial charge on any atom is 0.0592 e. The Kier molecular flexibility index (Phi) is 4.66. The first-order chi connectivity index (χ1) is 8.60. The molecule has 2 rings (SSSR count). The van der Waals surface area contributed by atoms with Crippen molar-refractivity contribution in [3.63, 3.8) is 0 Å². The molecule has 1 fully saturated rings. The Morgan fingerprint density at radius 1 is 1.44 bits per heavy atom. The number of aliphatic hydroxyl groups is 1. The first-order valence-electron chi connectivity index (χ1n) is 6.75. The quantitative estimate of drug-likeness (QED) is 0.909. The van der Waals surface area contributed by atoms with E-state index >= 15 is 0 Å². The van der Waals surface area contributed by atoms with Crippen LogP contribution in [0.4, 0.5) is 0 Å². The Labute approximate surface area is 115 Å². The summed E-state index contributed by atoms with van der Waals surface area (Å²) in [5.74, 6) is 0.406. The number of aryl methyl sites for hydroxylation is 1. The lowest BCUT2D eigenvalue weighted by Gasteiger charge is -2.36. The van der Waals surface area contributed by atoms with Gasteiger partial charge < -0.3 is 5.11 Å². The average Bonchev–Trinajstić information content (AvgIpc) is 2.35. The number of hydrogen-bond donors (Lipinski definition) is 1. The SMILES string of the molecule is CCC1CN(Cc2ccc(C)cc2Cl)CCC1O. The van der Waals surface area contributed by atoms with Crippen LogP contribution in [0.15, 0.2) is 18.2 Å². The van der Waals surface area contributed by atoms with Gasteiger partial charge in [0, 0.05) is 24.7 Å². The number of aliphatic hydroxyl groups excluding tert-OH is 1. The fourth-order valence-corrected chi connectivity index (χ4v) is 2.96. The molecule has 1 aromatic carbocycles. The van der Waals surface area contributed by atoms with Crippen molar-refractivity contribution in [2.75, 3.05) is 13.1 Å². The summed E-state index contributed by atoms with van der Waals surface area (Å²) in [6.45, 7) is 7.03. The highest BCUT2D eigenvalue weighted by molar-refractivity contribution is 6.31. The molecule has 1 saturated heterocycles. The van der Waals surface area contributed by atoms with E-state index in [1.807, 2.05) is 6.07 Å². The number of piperidine rings is 1. The fraction of sp³-hybridized carbons (Fsp3) is 0.600. The van der Waals surface area contributed by atoms with Gasteiger partial charge in [0.2, 0.25) is 0 Å². The Morgan fingerprint density at radius 3 is 2.89 bits per heavy atom. The monoisotopic (exact) mass is 267 g/mol. The maximum absolute atomic E-state index is 9.89. The van der Waals surface area contributed by atoms with Gasteiger partial charge >= 0.3 is 0 Å². The van der Waals surface area contributed by atoms with Gasteiger partial charge in [-0.3, -0.25) is 4.90 Å². The van der Waals surface area contributed by atoms with E-state index in [1.54, 1.807) is 0 Å². The van der Waals surface area contributed by atoms with Crippen molar-refractivity contribution in [2.24, 2.45) is 5.92 Å². The van der Waals surface area contributed by atoms with Crippen molar-refractivity contribution in [2.45, 2.75) is 39.3 Å². The van der Waals surface area contributed by atoms with Crippen LogP contribution in [0.3, 0.4) is 0 Å². The summed E-state index contributed by atoms with van der Waals surface area (Å²) in [5, 5.41) is 10.7. The predicted molar refractivity (Wildman–Crippen MR) is 75.9 cm³/mol. The minimum absolute atomic E-state index is 0.125. The average molecular weight is 268 g/mol. The number of hydrogen-bond acceptors (Lipinski definition) is 2. The van der Waals surface area contributed by atoms with Crippen LogP contribution in [0, 0.1) is 12.8 Å². The van der Waals surface area contributed by atoms with Crippen LogP contribution >= 0.6 is 11.6 Å². The van der Waals surface area contributed by atoms with Crippen molar-refractivity contribution in [1.82, 2.24) is 4.90 Å². The maximum atomic E-state index is 9.89. The molecule has 0 amide bonds. The van der Waals surface area contributed by atoms with E-state index in [0.717, 1.165) is 37.5 Å². The van der Waals surface area contributed by atoms with Crippen molar-refractivity contribution < 1.29 is 5.11 Å². The third-order valence-electron chi connectivity index (χ3n) is 3.90. The molecule has 0 spiro atoms. The summed E-state index contributed by atoms with van der Waals surface area (Å²) >= 11 is 6.27. The van der Waals surface area contributed by atoms with Gasteiger partial charge in [0.15, 0.2) is 0 Å². The molecule has 18 heavy (non-hydrogen) atoms. The van der Waals surface area contributed by atoms with E-state index in [-0.39, 0.29) is 6.10 Å². The third kappa shape index (κ3) is 3.25. The predicted octanol–water partition coefficient (Wildman–Crippen LogP) is 3.24. The van der Waals surface area contributed by atoms with Crippen LogP contribution in [0.1, 0.15) is 30.9 Å². The molecule has 2 atom stereocenters. The Morgan fingerprint density at radius 2 is 2.22 bits per heavy atom. The molecule has 2 unspecified atom stereocenters. The first-order valence-corrected chi connectivity index (χ1v) is 7.13. The van der Waals surface area contributed by atoms with Crippen LogP contribution < -0.4 is 0 Å². The summed E-state index contributed by atoms with van der Waals surface area (Å²) in [7, 11) is 0. The number of rotatable bonds is 3. The van der Waals surface area contributed by atoms with E-state index < -0.39 is 0 Å². The van der Waals surface area contributed by atoms with Gasteiger partial charge in [0.1, 0.15) is 0 Å². The van der Waals surface area contributed by atoms with Crippen molar-refractivity contribution in [1.29, 1.82) is 0 Å². The van der Waals surface area contributed by atoms with Gasteiger partial charge in [-0.25, -0.2) is 0 Å². The molecule has 2 nitrogen and oxygen atoms in total. The molecular formula is C15H22ClNO. The number of nitrogens with zero attached hydrogens (tertiary/aromatic N) is 1. The zero-order valence-corrected chi connectivity index (χ0v) is 12.0. The zero-order valence-electron chi connectivity index (χ0n) is 11.2. The summed E-state index contributed by atoms with van der Waals surface area (Å²) < 4.78 is 0. The van der Waals surface area contributed by atoms with E-state index in [2.05, 4.69) is 30.9 Å². The van der Waals surface area contributed by atoms with Gasteiger partial charge in [0.25, 0.3) is 0 Å². The van der Waals surface area contributed by atoms with Crippen LogP contribution in [0.2, 0.25) is 5.02 Å². The molecule has 0 aromatic heterocycles. The lowest BCUT2D eigenvalue weighted by atomic mass is 9.92. The molecule has 1 heterocycles. The summed E-state index contributed by atoms with van der Waals surface area (Å²) in [4.78, 5) is 2.40. The molecule has 0 radical (unpaired) electrons. The fourth-order valence-electron chi connectivity index (χ4n) is 2.66. The summed E-state index contributed by atoms with van der Waals surface area (Å²) in [6.07, 6.45) is 1.79. The van der Waals surface area contributed by atoms with Crippen molar-refractivity contribution in [3.8, 4) is 0 Å². The van der Waals surface area contributed by atoms with E-state index in [9.17, 15) is 5.11 Å². The number of likely N-dealkylation sites (tertiary alicyclic amines) is 1. The second kappa shape index (κ2) is 6.05. The van der Waals surface area contributed by atoms with Crippen molar-refractivity contribution >= 4 is 11.6 Å². The standard InChI is InChI=1S/C15H22ClNO/c1-3-12-9-17(7-6-15(12)18)10-13-5-4-11(2)8-14(13)16/h4-5,8,12,15,18H,3,6-7,9-10H2,1-2H3. The van der Waals surface area contributed by atoms with Crippen LogP contribution in [-0.4, -0.2) is 29.2 Å². The molecule has 1 aromatic rings. The lowest BCUT2D eigenvalue weighted by molar-refractivity contribution is 0.0222. The number of halogens is 1.